The minimum absolute atomic E-state index is 0.201. The first-order chi connectivity index (χ1) is 11.9. The highest BCUT2D eigenvalue weighted by Gasteiger charge is 2.14. The van der Waals surface area contributed by atoms with Gasteiger partial charge < -0.3 is 15.1 Å². The summed E-state index contributed by atoms with van der Waals surface area (Å²) in [6, 6.07) is 8.36. The zero-order valence-corrected chi connectivity index (χ0v) is 13.7. The predicted octanol–water partition coefficient (Wildman–Crippen LogP) is 1.09. The van der Waals surface area contributed by atoms with Gasteiger partial charge in [-0.1, -0.05) is 6.07 Å². The fourth-order valence-electron chi connectivity index (χ4n) is 2.27. The van der Waals surface area contributed by atoms with E-state index in [0.717, 1.165) is 11.3 Å². The Morgan fingerprint density at radius 1 is 1.20 bits per heavy atom. The molecule has 0 bridgehead atoms. The fourth-order valence-corrected chi connectivity index (χ4v) is 2.27. The summed E-state index contributed by atoms with van der Waals surface area (Å²) in [5, 5.41) is 4.99. The Kier molecular flexibility index (Phi) is 4.34. The monoisotopic (exact) mass is 340 g/mol. The number of carbonyl (C=O) groups excluding carboxylic acids is 2. The van der Waals surface area contributed by atoms with E-state index >= 15 is 0 Å². The summed E-state index contributed by atoms with van der Waals surface area (Å²) in [6.45, 7) is 2.06. The van der Waals surface area contributed by atoms with Crippen LogP contribution in [0, 0.1) is 6.92 Å². The minimum Gasteiger partial charge on any atom is -0.408 e. The molecule has 0 saturated heterocycles. The second kappa shape index (κ2) is 6.60. The molecule has 8 nitrogen and oxygen atoms in total. The van der Waals surface area contributed by atoms with Gasteiger partial charge in [0.1, 0.15) is 0 Å². The molecule has 0 atom stereocenters. The maximum atomic E-state index is 12.0. The lowest BCUT2D eigenvalue weighted by molar-refractivity contribution is -0.136. The molecule has 8 heteroatoms. The van der Waals surface area contributed by atoms with Gasteiger partial charge >= 0.3 is 17.6 Å². The van der Waals surface area contributed by atoms with E-state index < -0.39 is 17.6 Å². The predicted molar refractivity (Wildman–Crippen MR) is 90.9 cm³/mol. The third kappa shape index (κ3) is 3.57. The molecule has 2 N–H and O–H groups in total. The second-order valence-electron chi connectivity index (χ2n) is 5.55. The molecule has 128 valence electrons. The lowest BCUT2D eigenvalue weighted by Crippen LogP contribution is -2.34. The molecule has 0 aliphatic rings. The molecule has 1 aromatic carbocycles. The van der Waals surface area contributed by atoms with Crippen LogP contribution in [0.4, 0.5) is 5.69 Å². The number of nitrogens with one attached hydrogen (secondary N) is 2. The maximum Gasteiger partial charge on any atom is 0.419 e. The summed E-state index contributed by atoms with van der Waals surface area (Å²) in [6.07, 6.45) is 1.64. The number of amides is 2. The number of aromatic nitrogens is 2. The van der Waals surface area contributed by atoms with Crippen molar-refractivity contribution in [2.24, 2.45) is 7.05 Å². The maximum absolute atomic E-state index is 12.0. The van der Waals surface area contributed by atoms with Crippen molar-refractivity contribution in [3.8, 4) is 0 Å². The molecule has 0 aliphatic heterocycles. The van der Waals surface area contributed by atoms with Gasteiger partial charge in [0.15, 0.2) is 5.58 Å². The Balaban J connectivity index is 1.64. The van der Waals surface area contributed by atoms with Gasteiger partial charge in [-0.25, -0.2) is 4.79 Å². The number of benzene rings is 1. The number of fused-ring (bicyclic) bond motifs is 1. The van der Waals surface area contributed by atoms with Crippen molar-refractivity contribution in [1.29, 1.82) is 0 Å². The molecule has 3 rings (SSSR count). The topological polar surface area (TPSA) is 106 Å². The summed E-state index contributed by atoms with van der Waals surface area (Å²) in [7, 11) is 1.58. The lowest BCUT2D eigenvalue weighted by Gasteiger charge is -2.07. The highest BCUT2D eigenvalue weighted by molar-refractivity contribution is 6.39. The summed E-state index contributed by atoms with van der Waals surface area (Å²) < 4.78 is 6.40. The van der Waals surface area contributed by atoms with E-state index in [9.17, 15) is 14.4 Å². The molecule has 0 unspecified atom stereocenters. The SMILES string of the molecule is Cc1ccc(CNC(=O)C(=O)Nc2ccc3c(c2)oc(=O)n3C)cn1. The van der Waals surface area contributed by atoms with Crippen LogP contribution in [0.25, 0.3) is 11.1 Å². The Bertz CT molecular complexity index is 1000. The number of oxazole rings is 1. The van der Waals surface area contributed by atoms with Crippen molar-refractivity contribution in [2.75, 3.05) is 5.32 Å². The Labute approximate surface area is 142 Å². The average molecular weight is 340 g/mol. The lowest BCUT2D eigenvalue weighted by atomic mass is 10.2. The van der Waals surface area contributed by atoms with Crippen LogP contribution in [0.15, 0.2) is 45.7 Å². The van der Waals surface area contributed by atoms with Crippen LogP contribution in [-0.2, 0) is 23.2 Å². The molecule has 0 fully saturated rings. The smallest absolute Gasteiger partial charge is 0.408 e. The molecule has 2 heterocycles. The molecular weight excluding hydrogens is 324 g/mol. The number of carbonyl (C=O) groups is 2. The molecule has 0 radical (unpaired) electrons. The quantitative estimate of drug-likeness (QED) is 0.694. The van der Waals surface area contributed by atoms with E-state index in [-0.39, 0.29) is 6.54 Å². The van der Waals surface area contributed by atoms with Crippen molar-refractivity contribution >= 4 is 28.6 Å². The summed E-state index contributed by atoms with van der Waals surface area (Å²) >= 11 is 0. The van der Waals surface area contributed by atoms with Gasteiger partial charge in [-0.3, -0.25) is 19.1 Å². The highest BCUT2D eigenvalue weighted by atomic mass is 16.4. The Hall–Kier alpha value is -3.42. The van der Waals surface area contributed by atoms with E-state index in [1.807, 2.05) is 19.1 Å². The fraction of sp³-hybridized carbons (Fsp3) is 0.176. The molecule has 2 aromatic heterocycles. The summed E-state index contributed by atoms with van der Waals surface area (Å²) in [5.74, 6) is -2.07. The zero-order chi connectivity index (χ0) is 18.0. The van der Waals surface area contributed by atoms with Gasteiger partial charge in [-0.15, -0.1) is 0 Å². The number of hydrogen-bond donors (Lipinski definition) is 2. The summed E-state index contributed by atoms with van der Waals surface area (Å²) in [4.78, 5) is 39.4. The first-order valence-electron chi connectivity index (χ1n) is 7.54. The van der Waals surface area contributed by atoms with Gasteiger partial charge in [-0.05, 0) is 30.7 Å². The number of pyridine rings is 1. The van der Waals surface area contributed by atoms with Crippen molar-refractivity contribution in [3.05, 3.63) is 58.3 Å². The van der Waals surface area contributed by atoms with Crippen molar-refractivity contribution in [2.45, 2.75) is 13.5 Å². The van der Waals surface area contributed by atoms with E-state index in [2.05, 4.69) is 15.6 Å². The Morgan fingerprint density at radius 2 is 2.00 bits per heavy atom. The molecule has 3 aromatic rings. The zero-order valence-electron chi connectivity index (χ0n) is 13.7. The van der Waals surface area contributed by atoms with E-state index in [1.165, 1.54) is 10.6 Å². The second-order valence-corrected chi connectivity index (χ2v) is 5.55. The van der Waals surface area contributed by atoms with Crippen LogP contribution in [0.3, 0.4) is 0 Å². The van der Waals surface area contributed by atoms with E-state index in [1.54, 1.807) is 25.4 Å². The van der Waals surface area contributed by atoms with Gasteiger partial charge in [0.25, 0.3) is 0 Å². The summed E-state index contributed by atoms with van der Waals surface area (Å²) in [5.41, 5.74) is 2.95. The number of aryl methyl sites for hydroxylation is 2. The molecule has 0 spiro atoms. The van der Waals surface area contributed by atoms with E-state index in [0.29, 0.717) is 16.8 Å². The van der Waals surface area contributed by atoms with Crippen molar-refractivity contribution in [3.63, 3.8) is 0 Å². The van der Waals surface area contributed by atoms with E-state index in [4.69, 9.17) is 4.42 Å². The van der Waals surface area contributed by atoms with Gasteiger partial charge in [-0.2, -0.15) is 0 Å². The molecular formula is C17H16N4O4. The molecule has 25 heavy (non-hydrogen) atoms. The third-order valence-corrected chi connectivity index (χ3v) is 3.68. The van der Waals surface area contributed by atoms with Crippen molar-refractivity contribution in [1.82, 2.24) is 14.9 Å². The largest absolute Gasteiger partial charge is 0.419 e. The number of hydrogen-bond acceptors (Lipinski definition) is 5. The standard InChI is InChI=1S/C17H16N4O4/c1-10-3-4-11(8-18-10)9-19-15(22)16(23)20-12-5-6-13-14(7-12)25-17(24)21(13)2/h3-8H,9H2,1-2H3,(H,19,22)(H,20,23). The highest BCUT2D eigenvalue weighted by Crippen LogP contribution is 2.17. The Morgan fingerprint density at radius 3 is 2.72 bits per heavy atom. The third-order valence-electron chi connectivity index (χ3n) is 3.68. The average Bonchev–Trinajstić information content (AvgIpc) is 2.88. The van der Waals surface area contributed by atoms with Gasteiger partial charge in [0.05, 0.1) is 5.52 Å². The van der Waals surface area contributed by atoms with Gasteiger partial charge in [0, 0.05) is 37.2 Å². The number of rotatable bonds is 3. The number of nitrogens with zero attached hydrogens (tertiary/aromatic N) is 2. The van der Waals surface area contributed by atoms with Crippen LogP contribution in [0.5, 0.6) is 0 Å². The van der Waals surface area contributed by atoms with Crippen LogP contribution < -0.4 is 16.4 Å². The molecule has 2 amide bonds. The molecule has 0 aliphatic carbocycles. The first kappa shape index (κ1) is 16.4. The number of anilines is 1. The first-order valence-corrected chi connectivity index (χ1v) is 7.54. The van der Waals surface area contributed by atoms with Crippen LogP contribution >= 0.6 is 0 Å². The van der Waals surface area contributed by atoms with Gasteiger partial charge in [0.2, 0.25) is 0 Å². The van der Waals surface area contributed by atoms with Crippen LogP contribution in [0.2, 0.25) is 0 Å². The van der Waals surface area contributed by atoms with Crippen molar-refractivity contribution < 1.29 is 14.0 Å². The van der Waals surface area contributed by atoms with Crippen LogP contribution in [0.1, 0.15) is 11.3 Å². The normalized spacial score (nSPS) is 10.6. The minimum atomic E-state index is -0.808. The van der Waals surface area contributed by atoms with Crippen LogP contribution in [-0.4, -0.2) is 21.4 Å². The molecule has 0 saturated carbocycles.